The maximum absolute atomic E-state index is 12.2. The lowest BCUT2D eigenvalue weighted by molar-refractivity contribution is -0.127. The van der Waals surface area contributed by atoms with E-state index in [0.29, 0.717) is 22.5 Å². The van der Waals surface area contributed by atoms with Crippen LogP contribution in [0.5, 0.6) is 5.75 Å². The molecule has 1 N–H and O–H groups in total. The number of ether oxygens (including phenoxy) is 1. The van der Waals surface area contributed by atoms with Gasteiger partial charge in [0.05, 0.1) is 6.54 Å². The number of hydrogen-bond donors (Lipinski definition) is 1. The molecule has 7 heteroatoms. The molecule has 0 aliphatic carbocycles. The van der Waals surface area contributed by atoms with Crippen LogP contribution in [0.15, 0.2) is 53.1 Å². The molecule has 0 radical (unpaired) electrons. The maximum Gasteiger partial charge on any atom is 0.261 e. The molecule has 0 aliphatic heterocycles. The van der Waals surface area contributed by atoms with Gasteiger partial charge in [0.15, 0.2) is 6.10 Å². The van der Waals surface area contributed by atoms with Crippen LogP contribution in [0.4, 0.5) is 0 Å². The molecule has 1 amide bonds. The summed E-state index contributed by atoms with van der Waals surface area (Å²) >= 11 is 5.83. The van der Waals surface area contributed by atoms with Crippen molar-refractivity contribution in [3.8, 4) is 17.1 Å². The predicted octanol–water partition coefficient (Wildman–Crippen LogP) is 3.78. The molecule has 0 saturated carbocycles. The highest BCUT2D eigenvalue weighted by molar-refractivity contribution is 6.30. The lowest BCUT2D eigenvalue weighted by Gasteiger charge is -2.13. The molecule has 134 valence electrons. The van der Waals surface area contributed by atoms with Crippen molar-refractivity contribution in [3.63, 3.8) is 0 Å². The number of aromatic nitrogens is 2. The van der Waals surface area contributed by atoms with E-state index < -0.39 is 6.10 Å². The van der Waals surface area contributed by atoms with Crippen LogP contribution in [-0.2, 0) is 11.3 Å². The summed E-state index contributed by atoms with van der Waals surface area (Å²) in [6.45, 7) is 3.79. The van der Waals surface area contributed by atoms with Gasteiger partial charge in [-0.1, -0.05) is 40.5 Å². The number of amides is 1. The van der Waals surface area contributed by atoms with E-state index in [9.17, 15) is 4.79 Å². The number of carbonyl (C=O) groups is 1. The highest BCUT2D eigenvalue weighted by Gasteiger charge is 2.16. The number of benzene rings is 2. The highest BCUT2D eigenvalue weighted by atomic mass is 35.5. The summed E-state index contributed by atoms with van der Waals surface area (Å²) in [5, 5.41) is 7.27. The maximum atomic E-state index is 12.2. The minimum absolute atomic E-state index is 0.131. The number of aryl methyl sites for hydroxylation is 1. The van der Waals surface area contributed by atoms with Gasteiger partial charge in [-0.3, -0.25) is 4.79 Å². The van der Waals surface area contributed by atoms with Crippen molar-refractivity contribution in [3.05, 3.63) is 65.0 Å². The number of carbonyl (C=O) groups excluding carboxylic acids is 1. The Bertz CT molecular complexity index is 893. The van der Waals surface area contributed by atoms with E-state index in [-0.39, 0.29) is 12.5 Å². The predicted molar refractivity (Wildman–Crippen MR) is 97.9 cm³/mol. The zero-order chi connectivity index (χ0) is 18.5. The first kappa shape index (κ1) is 17.9. The number of halogens is 1. The van der Waals surface area contributed by atoms with Crippen LogP contribution in [0.1, 0.15) is 18.4 Å². The Hall–Kier alpha value is -2.86. The summed E-state index contributed by atoms with van der Waals surface area (Å²) < 4.78 is 10.8. The number of rotatable bonds is 6. The van der Waals surface area contributed by atoms with Crippen molar-refractivity contribution >= 4 is 17.5 Å². The molecule has 26 heavy (non-hydrogen) atoms. The fraction of sp³-hybridized carbons (Fsp3) is 0.211. The highest BCUT2D eigenvalue weighted by Crippen LogP contribution is 2.18. The molecule has 1 unspecified atom stereocenters. The summed E-state index contributed by atoms with van der Waals surface area (Å²) in [4.78, 5) is 16.5. The van der Waals surface area contributed by atoms with Crippen molar-refractivity contribution in [2.45, 2.75) is 26.5 Å². The Kier molecular flexibility index (Phi) is 5.53. The van der Waals surface area contributed by atoms with E-state index in [2.05, 4.69) is 15.5 Å². The van der Waals surface area contributed by atoms with E-state index in [4.69, 9.17) is 20.9 Å². The molecule has 1 heterocycles. The Morgan fingerprint density at radius 3 is 2.77 bits per heavy atom. The zero-order valence-corrected chi connectivity index (χ0v) is 15.2. The second-order valence-corrected chi connectivity index (χ2v) is 6.25. The van der Waals surface area contributed by atoms with E-state index in [1.54, 1.807) is 31.2 Å². The van der Waals surface area contributed by atoms with Crippen LogP contribution in [0, 0.1) is 6.92 Å². The van der Waals surface area contributed by atoms with Gasteiger partial charge in [0.2, 0.25) is 11.7 Å². The monoisotopic (exact) mass is 371 g/mol. The number of nitrogens with one attached hydrogen (secondary N) is 1. The average Bonchev–Trinajstić information content (AvgIpc) is 3.10. The van der Waals surface area contributed by atoms with Gasteiger partial charge in [-0.15, -0.1) is 0 Å². The van der Waals surface area contributed by atoms with Crippen molar-refractivity contribution in [2.75, 3.05) is 0 Å². The van der Waals surface area contributed by atoms with Gasteiger partial charge in [0.1, 0.15) is 5.75 Å². The third-order valence-corrected chi connectivity index (χ3v) is 3.91. The largest absolute Gasteiger partial charge is 0.481 e. The molecule has 1 aromatic heterocycles. The van der Waals surface area contributed by atoms with Crippen LogP contribution < -0.4 is 10.1 Å². The fourth-order valence-electron chi connectivity index (χ4n) is 2.31. The molecule has 3 rings (SSSR count). The average molecular weight is 372 g/mol. The van der Waals surface area contributed by atoms with Crippen molar-refractivity contribution in [1.29, 1.82) is 0 Å². The SMILES string of the molecule is Cc1cccc(-c2noc(CNC(=O)C(C)Oc3ccc(Cl)cc3)n2)c1. The van der Waals surface area contributed by atoms with E-state index in [1.165, 1.54) is 0 Å². The lowest BCUT2D eigenvalue weighted by atomic mass is 10.1. The Balaban J connectivity index is 1.55. The third kappa shape index (κ3) is 4.61. The molecule has 3 aromatic rings. The summed E-state index contributed by atoms with van der Waals surface area (Å²) in [6.07, 6.45) is -0.671. The third-order valence-electron chi connectivity index (χ3n) is 3.65. The quantitative estimate of drug-likeness (QED) is 0.713. The Morgan fingerprint density at radius 1 is 1.27 bits per heavy atom. The van der Waals surface area contributed by atoms with Crippen LogP contribution in [0.3, 0.4) is 0 Å². The smallest absolute Gasteiger partial charge is 0.261 e. The first-order valence-corrected chi connectivity index (χ1v) is 8.48. The molecule has 0 spiro atoms. The zero-order valence-electron chi connectivity index (χ0n) is 14.4. The Labute approximate surface area is 156 Å². The molecule has 2 aromatic carbocycles. The van der Waals surface area contributed by atoms with Crippen molar-refractivity contribution in [1.82, 2.24) is 15.5 Å². The summed E-state index contributed by atoms with van der Waals surface area (Å²) in [5.41, 5.74) is 1.97. The first-order valence-electron chi connectivity index (χ1n) is 8.11. The molecule has 0 fully saturated rings. The molecule has 0 saturated heterocycles. The summed E-state index contributed by atoms with van der Waals surface area (Å²) in [5.74, 6) is 1.10. The minimum atomic E-state index is -0.671. The summed E-state index contributed by atoms with van der Waals surface area (Å²) in [7, 11) is 0. The number of hydrogen-bond acceptors (Lipinski definition) is 5. The van der Waals surface area contributed by atoms with E-state index in [0.717, 1.165) is 11.1 Å². The normalized spacial score (nSPS) is 11.8. The first-order chi connectivity index (χ1) is 12.5. The minimum Gasteiger partial charge on any atom is -0.481 e. The van der Waals surface area contributed by atoms with E-state index >= 15 is 0 Å². The molecule has 6 nitrogen and oxygen atoms in total. The fourth-order valence-corrected chi connectivity index (χ4v) is 2.43. The molecule has 0 aliphatic rings. The second kappa shape index (κ2) is 8.01. The van der Waals surface area contributed by atoms with Crippen LogP contribution in [0.25, 0.3) is 11.4 Å². The van der Waals surface area contributed by atoms with Crippen molar-refractivity contribution in [2.24, 2.45) is 0 Å². The van der Waals surface area contributed by atoms with Gasteiger partial charge in [0.25, 0.3) is 5.91 Å². The van der Waals surface area contributed by atoms with Gasteiger partial charge >= 0.3 is 0 Å². The standard InChI is InChI=1S/C19H18ClN3O3/c1-12-4-3-5-14(10-12)18-22-17(26-23-18)11-21-19(24)13(2)25-16-8-6-15(20)7-9-16/h3-10,13H,11H2,1-2H3,(H,21,24). The lowest BCUT2D eigenvalue weighted by Crippen LogP contribution is -2.35. The molecular formula is C19H18ClN3O3. The van der Waals surface area contributed by atoms with Gasteiger partial charge in [-0.05, 0) is 44.2 Å². The van der Waals surface area contributed by atoms with Gasteiger partial charge in [-0.25, -0.2) is 0 Å². The summed E-state index contributed by atoms with van der Waals surface area (Å²) in [6, 6.07) is 14.6. The van der Waals surface area contributed by atoms with Gasteiger partial charge < -0.3 is 14.6 Å². The number of nitrogens with zero attached hydrogens (tertiary/aromatic N) is 2. The topological polar surface area (TPSA) is 77.2 Å². The van der Waals surface area contributed by atoms with Gasteiger partial charge in [0, 0.05) is 10.6 Å². The van der Waals surface area contributed by atoms with Crippen LogP contribution >= 0.6 is 11.6 Å². The van der Waals surface area contributed by atoms with E-state index in [1.807, 2.05) is 31.2 Å². The second-order valence-electron chi connectivity index (χ2n) is 5.81. The molecule has 1 atom stereocenters. The van der Waals surface area contributed by atoms with Gasteiger partial charge in [-0.2, -0.15) is 4.98 Å². The van der Waals surface area contributed by atoms with Crippen LogP contribution in [0.2, 0.25) is 5.02 Å². The van der Waals surface area contributed by atoms with Crippen LogP contribution in [-0.4, -0.2) is 22.2 Å². The Morgan fingerprint density at radius 2 is 2.04 bits per heavy atom. The molecule has 0 bridgehead atoms. The molecular weight excluding hydrogens is 354 g/mol. The van der Waals surface area contributed by atoms with Crippen molar-refractivity contribution < 1.29 is 14.1 Å².